The van der Waals surface area contributed by atoms with Crippen LogP contribution in [0.4, 0.5) is 0 Å². The van der Waals surface area contributed by atoms with E-state index in [1.165, 1.54) is 11.1 Å². The van der Waals surface area contributed by atoms with Crippen molar-refractivity contribution >= 4 is 22.9 Å². The molecule has 94 valence electrons. The second-order valence-electron chi connectivity index (χ2n) is 4.27. The topological polar surface area (TPSA) is 18.5 Å². The summed E-state index contributed by atoms with van der Waals surface area (Å²) in [5, 5.41) is 1.85. The minimum atomic E-state index is -0.121. The van der Waals surface area contributed by atoms with Gasteiger partial charge in [0.2, 0.25) is 0 Å². The Bertz CT molecular complexity index is 565. The monoisotopic (exact) mass is 280 g/mol. The number of thiophene rings is 1. The van der Waals surface area contributed by atoms with Gasteiger partial charge in [-0.1, -0.05) is 18.2 Å². The zero-order chi connectivity index (χ0) is 12.5. The number of halogens is 1. The lowest BCUT2D eigenvalue weighted by Crippen LogP contribution is -1.93. The normalized spacial score (nSPS) is 15.4. The summed E-state index contributed by atoms with van der Waals surface area (Å²) in [7, 11) is 1.67. The summed E-state index contributed by atoms with van der Waals surface area (Å²) in [5.41, 5.74) is 3.64. The van der Waals surface area contributed by atoms with Crippen molar-refractivity contribution in [2.24, 2.45) is 0 Å². The molecule has 1 atom stereocenters. The molecule has 1 aliphatic heterocycles. The average molecular weight is 281 g/mol. The summed E-state index contributed by atoms with van der Waals surface area (Å²) in [6.07, 6.45) is 0. The summed E-state index contributed by atoms with van der Waals surface area (Å²) in [5.74, 6) is 0.866. The molecule has 1 aromatic heterocycles. The summed E-state index contributed by atoms with van der Waals surface area (Å²) >= 11 is 8.14. The first-order chi connectivity index (χ1) is 8.78. The number of methoxy groups -OCH3 is 1. The van der Waals surface area contributed by atoms with Gasteiger partial charge in [-0.15, -0.1) is 22.9 Å². The van der Waals surface area contributed by atoms with E-state index in [-0.39, 0.29) is 5.38 Å². The SMILES string of the molecule is COc1csc(C(Cl)c2ccc3c(c2)COC3)c1. The van der Waals surface area contributed by atoms with Crippen LogP contribution in [0.15, 0.2) is 29.6 Å². The number of alkyl halides is 1. The van der Waals surface area contributed by atoms with Crippen LogP contribution in [0.25, 0.3) is 0 Å². The van der Waals surface area contributed by atoms with Crippen molar-refractivity contribution in [1.29, 1.82) is 0 Å². The molecule has 0 saturated heterocycles. The smallest absolute Gasteiger partial charge is 0.129 e. The van der Waals surface area contributed by atoms with E-state index in [2.05, 4.69) is 18.2 Å². The molecule has 18 heavy (non-hydrogen) atoms. The first-order valence-corrected chi connectivity index (χ1v) is 7.05. The molecule has 1 aliphatic rings. The number of ether oxygens (including phenoxy) is 2. The highest BCUT2D eigenvalue weighted by atomic mass is 35.5. The molecule has 4 heteroatoms. The maximum absolute atomic E-state index is 6.52. The van der Waals surface area contributed by atoms with E-state index >= 15 is 0 Å². The molecular formula is C14H13ClO2S. The molecule has 0 N–H and O–H groups in total. The van der Waals surface area contributed by atoms with E-state index in [1.54, 1.807) is 18.4 Å². The quantitative estimate of drug-likeness (QED) is 0.788. The highest BCUT2D eigenvalue weighted by Crippen LogP contribution is 2.36. The third-order valence-corrected chi connectivity index (χ3v) is 4.71. The van der Waals surface area contributed by atoms with Crippen molar-refractivity contribution in [3.05, 3.63) is 51.2 Å². The number of hydrogen-bond donors (Lipinski definition) is 0. The van der Waals surface area contributed by atoms with Crippen molar-refractivity contribution in [3.63, 3.8) is 0 Å². The number of hydrogen-bond acceptors (Lipinski definition) is 3. The van der Waals surface area contributed by atoms with E-state index in [9.17, 15) is 0 Å². The van der Waals surface area contributed by atoms with Gasteiger partial charge in [-0.05, 0) is 22.8 Å². The van der Waals surface area contributed by atoms with E-state index in [0.717, 1.165) is 22.8 Å². The van der Waals surface area contributed by atoms with Gasteiger partial charge in [-0.3, -0.25) is 0 Å². The maximum Gasteiger partial charge on any atom is 0.129 e. The van der Waals surface area contributed by atoms with Crippen molar-refractivity contribution < 1.29 is 9.47 Å². The molecule has 0 fully saturated rings. The standard InChI is InChI=1S/C14H13ClO2S/c1-16-12-5-13(18-8-12)14(15)9-2-3-10-6-17-7-11(10)4-9/h2-5,8,14H,6-7H2,1H3. The number of benzene rings is 1. The highest BCUT2D eigenvalue weighted by molar-refractivity contribution is 7.10. The second kappa shape index (κ2) is 4.92. The maximum atomic E-state index is 6.52. The van der Waals surface area contributed by atoms with Crippen molar-refractivity contribution in [3.8, 4) is 5.75 Å². The Balaban J connectivity index is 1.89. The van der Waals surface area contributed by atoms with Gasteiger partial charge in [0.15, 0.2) is 0 Å². The van der Waals surface area contributed by atoms with Crippen molar-refractivity contribution in [2.75, 3.05) is 7.11 Å². The van der Waals surface area contributed by atoms with Gasteiger partial charge in [0.05, 0.1) is 25.7 Å². The van der Waals surface area contributed by atoms with Crippen LogP contribution in [-0.2, 0) is 18.0 Å². The Hall–Kier alpha value is -1.03. The lowest BCUT2D eigenvalue weighted by Gasteiger charge is -2.09. The average Bonchev–Trinajstić information content (AvgIpc) is 3.05. The zero-order valence-corrected chi connectivity index (χ0v) is 11.6. The Morgan fingerprint density at radius 2 is 2.11 bits per heavy atom. The van der Waals surface area contributed by atoms with Crippen LogP contribution in [0, 0.1) is 0 Å². The minimum Gasteiger partial charge on any atom is -0.496 e. The molecular weight excluding hydrogens is 268 g/mol. The van der Waals surface area contributed by atoms with Gasteiger partial charge in [0.25, 0.3) is 0 Å². The Kier molecular flexibility index (Phi) is 3.29. The summed E-state index contributed by atoms with van der Waals surface area (Å²) in [6, 6.07) is 8.33. The fourth-order valence-corrected chi connectivity index (χ4v) is 3.30. The van der Waals surface area contributed by atoms with Gasteiger partial charge in [0.1, 0.15) is 5.75 Å². The Morgan fingerprint density at radius 1 is 1.28 bits per heavy atom. The van der Waals surface area contributed by atoms with Gasteiger partial charge in [-0.2, -0.15) is 0 Å². The van der Waals surface area contributed by atoms with Gasteiger partial charge in [0, 0.05) is 10.3 Å². The van der Waals surface area contributed by atoms with Crippen LogP contribution in [-0.4, -0.2) is 7.11 Å². The van der Waals surface area contributed by atoms with Gasteiger partial charge in [-0.25, -0.2) is 0 Å². The fourth-order valence-electron chi connectivity index (χ4n) is 2.09. The molecule has 1 aromatic carbocycles. The van der Waals surface area contributed by atoms with Crippen LogP contribution >= 0.6 is 22.9 Å². The first kappa shape index (κ1) is 12.0. The van der Waals surface area contributed by atoms with E-state index in [1.807, 2.05) is 11.4 Å². The molecule has 0 spiro atoms. The lowest BCUT2D eigenvalue weighted by atomic mass is 10.0. The van der Waals surface area contributed by atoms with Crippen molar-refractivity contribution in [2.45, 2.75) is 18.6 Å². The van der Waals surface area contributed by atoms with Crippen LogP contribution in [0.1, 0.15) is 26.9 Å². The van der Waals surface area contributed by atoms with E-state index in [4.69, 9.17) is 21.1 Å². The largest absolute Gasteiger partial charge is 0.496 e. The van der Waals surface area contributed by atoms with Gasteiger partial charge >= 0.3 is 0 Å². The third-order valence-electron chi connectivity index (χ3n) is 3.12. The lowest BCUT2D eigenvalue weighted by molar-refractivity contribution is 0.134. The van der Waals surface area contributed by atoms with Crippen LogP contribution in [0.2, 0.25) is 0 Å². The zero-order valence-electron chi connectivity index (χ0n) is 9.98. The molecule has 1 unspecified atom stereocenters. The summed E-state index contributed by atoms with van der Waals surface area (Å²) < 4.78 is 10.6. The fraction of sp³-hybridized carbons (Fsp3) is 0.286. The molecule has 2 heterocycles. The Morgan fingerprint density at radius 3 is 2.89 bits per heavy atom. The second-order valence-corrected chi connectivity index (χ2v) is 5.65. The number of fused-ring (bicyclic) bond motifs is 1. The highest BCUT2D eigenvalue weighted by Gasteiger charge is 2.17. The molecule has 2 aromatic rings. The molecule has 2 nitrogen and oxygen atoms in total. The molecule has 3 rings (SSSR count). The van der Waals surface area contributed by atoms with E-state index < -0.39 is 0 Å². The van der Waals surface area contributed by atoms with Crippen molar-refractivity contribution in [1.82, 2.24) is 0 Å². The first-order valence-electron chi connectivity index (χ1n) is 5.74. The Labute approximate surface area is 115 Å². The predicted octanol–water partition coefficient (Wildman–Crippen LogP) is 4.12. The predicted molar refractivity (Wildman–Crippen MR) is 73.5 cm³/mol. The third kappa shape index (κ3) is 2.14. The minimum absolute atomic E-state index is 0.121. The molecule has 0 radical (unpaired) electrons. The van der Waals surface area contributed by atoms with E-state index in [0.29, 0.717) is 6.61 Å². The summed E-state index contributed by atoms with van der Waals surface area (Å²) in [4.78, 5) is 1.10. The molecule has 0 saturated carbocycles. The molecule has 0 amide bonds. The molecule has 0 bridgehead atoms. The van der Waals surface area contributed by atoms with Crippen LogP contribution in [0.3, 0.4) is 0 Å². The van der Waals surface area contributed by atoms with Crippen LogP contribution < -0.4 is 4.74 Å². The number of rotatable bonds is 3. The molecule has 0 aliphatic carbocycles. The van der Waals surface area contributed by atoms with Crippen LogP contribution in [0.5, 0.6) is 5.75 Å². The summed E-state index contributed by atoms with van der Waals surface area (Å²) in [6.45, 7) is 1.41. The van der Waals surface area contributed by atoms with Gasteiger partial charge < -0.3 is 9.47 Å².